The third-order valence-corrected chi connectivity index (χ3v) is 5.40. The van der Waals surface area contributed by atoms with Crippen molar-refractivity contribution in [1.29, 1.82) is 0 Å². The quantitative estimate of drug-likeness (QED) is 0.451. The smallest absolute Gasteiger partial charge is 0.266 e. The van der Waals surface area contributed by atoms with Gasteiger partial charge in [0.1, 0.15) is 5.75 Å². The van der Waals surface area contributed by atoms with Gasteiger partial charge in [-0.25, -0.2) is 4.98 Å². The molecule has 152 valence electrons. The third kappa shape index (κ3) is 4.79. The number of nitrogens with zero attached hydrogens (tertiary/aromatic N) is 2. The largest absolute Gasteiger partial charge is 0.494 e. The molecule has 0 bridgehead atoms. The van der Waals surface area contributed by atoms with Crippen molar-refractivity contribution in [3.63, 3.8) is 0 Å². The highest BCUT2D eigenvalue weighted by molar-refractivity contribution is 8.00. The predicted octanol–water partition coefficient (Wildman–Crippen LogP) is 3.79. The number of benzene rings is 2. The van der Waals surface area contributed by atoms with Gasteiger partial charge in [0, 0.05) is 6.54 Å². The first-order chi connectivity index (χ1) is 14.0. The number of aromatic nitrogens is 2. The number of carbonyl (C=O) groups excluding carboxylic acids is 1. The van der Waals surface area contributed by atoms with Crippen LogP contribution in [0.15, 0.2) is 58.5 Å². The molecule has 1 heterocycles. The third-order valence-electron chi connectivity index (χ3n) is 4.35. The highest BCUT2D eigenvalue weighted by atomic mass is 32.2. The van der Waals surface area contributed by atoms with Crippen LogP contribution in [0.3, 0.4) is 0 Å². The first-order valence-electron chi connectivity index (χ1n) is 9.74. The summed E-state index contributed by atoms with van der Waals surface area (Å²) in [6.07, 6.45) is 0.869. The van der Waals surface area contributed by atoms with Gasteiger partial charge in [-0.15, -0.1) is 0 Å². The molecule has 1 N–H and O–H groups in total. The lowest BCUT2D eigenvalue weighted by Crippen LogP contribution is -2.32. The van der Waals surface area contributed by atoms with E-state index in [2.05, 4.69) is 10.3 Å². The number of thioether (sulfide) groups is 1. The van der Waals surface area contributed by atoms with Gasteiger partial charge in [0.25, 0.3) is 5.56 Å². The lowest BCUT2D eigenvalue weighted by atomic mass is 10.2. The van der Waals surface area contributed by atoms with Crippen LogP contribution in [-0.2, 0) is 4.79 Å². The van der Waals surface area contributed by atoms with Gasteiger partial charge in [-0.2, -0.15) is 0 Å². The molecule has 1 atom stereocenters. The number of nitrogens with one attached hydrogen (secondary N) is 1. The number of carbonyl (C=O) groups is 1. The van der Waals surface area contributed by atoms with E-state index < -0.39 is 0 Å². The van der Waals surface area contributed by atoms with Gasteiger partial charge < -0.3 is 10.1 Å². The fraction of sp³-hybridized carbons (Fsp3) is 0.318. The minimum Gasteiger partial charge on any atom is -0.494 e. The van der Waals surface area contributed by atoms with Gasteiger partial charge in [0.05, 0.1) is 28.4 Å². The molecule has 0 unspecified atom stereocenters. The highest BCUT2D eigenvalue weighted by Crippen LogP contribution is 2.26. The Morgan fingerprint density at radius 1 is 1.17 bits per heavy atom. The molecule has 1 aromatic heterocycles. The zero-order valence-corrected chi connectivity index (χ0v) is 17.7. The molecule has 0 aliphatic carbocycles. The Kier molecular flexibility index (Phi) is 6.93. The molecule has 0 fully saturated rings. The Balaban J connectivity index is 2.06. The van der Waals surface area contributed by atoms with Crippen molar-refractivity contribution >= 4 is 28.6 Å². The lowest BCUT2D eigenvalue weighted by molar-refractivity contribution is -0.120. The topological polar surface area (TPSA) is 73.2 Å². The van der Waals surface area contributed by atoms with E-state index in [0.717, 1.165) is 12.2 Å². The van der Waals surface area contributed by atoms with E-state index in [1.54, 1.807) is 10.6 Å². The van der Waals surface area contributed by atoms with E-state index in [1.165, 1.54) is 11.8 Å². The number of hydrogen-bond acceptors (Lipinski definition) is 5. The predicted molar refractivity (Wildman–Crippen MR) is 117 cm³/mol. The fourth-order valence-corrected chi connectivity index (χ4v) is 3.83. The van der Waals surface area contributed by atoms with Crippen LogP contribution < -0.4 is 15.6 Å². The van der Waals surface area contributed by atoms with E-state index in [0.29, 0.717) is 34.9 Å². The van der Waals surface area contributed by atoms with Crippen molar-refractivity contribution in [2.75, 3.05) is 13.2 Å². The molecule has 0 saturated carbocycles. The summed E-state index contributed by atoms with van der Waals surface area (Å²) in [5, 5.41) is 3.53. The van der Waals surface area contributed by atoms with Crippen LogP contribution >= 0.6 is 11.8 Å². The summed E-state index contributed by atoms with van der Waals surface area (Å²) >= 11 is 1.28. The zero-order valence-electron chi connectivity index (χ0n) is 16.8. The second kappa shape index (κ2) is 9.60. The Bertz CT molecular complexity index is 1050. The molecule has 0 aliphatic heterocycles. The van der Waals surface area contributed by atoms with Crippen LogP contribution in [-0.4, -0.2) is 33.9 Å². The minimum atomic E-state index is -0.386. The summed E-state index contributed by atoms with van der Waals surface area (Å²) in [7, 11) is 0. The first kappa shape index (κ1) is 20.9. The maximum absolute atomic E-state index is 13.3. The second-order valence-electron chi connectivity index (χ2n) is 6.53. The van der Waals surface area contributed by atoms with Crippen molar-refractivity contribution < 1.29 is 9.53 Å². The van der Waals surface area contributed by atoms with Gasteiger partial charge in [-0.05, 0) is 56.7 Å². The zero-order chi connectivity index (χ0) is 20.8. The molecule has 2 aromatic carbocycles. The van der Waals surface area contributed by atoms with Crippen LogP contribution in [0.4, 0.5) is 0 Å². The Hall–Kier alpha value is -2.80. The molecule has 0 spiro atoms. The summed E-state index contributed by atoms with van der Waals surface area (Å²) < 4.78 is 7.06. The van der Waals surface area contributed by atoms with Crippen LogP contribution in [0, 0.1) is 0 Å². The molecule has 6 nitrogen and oxygen atoms in total. The summed E-state index contributed by atoms with van der Waals surface area (Å²) in [4.78, 5) is 30.3. The van der Waals surface area contributed by atoms with Gasteiger partial charge in [-0.3, -0.25) is 14.2 Å². The normalized spacial score (nSPS) is 12.0. The fourth-order valence-electron chi connectivity index (χ4n) is 2.88. The molecule has 29 heavy (non-hydrogen) atoms. The number of fused-ring (bicyclic) bond motifs is 1. The van der Waals surface area contributed by atoms with Crippen LogP contribution in [0.1, 0.15) is 27.2 Å². The molecule has 1 amide bonds. The van der Waals surface area contributed by atoms with Crippen molar-refractivity contribution in [3.05, 3.63) is 58.9 Å². The summed E-state index contributed by atoms with van der Waals surface area (Å²) in [5.74, 6) is 0.664. The van der Waals surface area contributed by atoms with E-state index in [4.69, 9.17) is 4.74 Å². The highest BCUT2D eigenvalue weighted by Gasteiger charge is 2.20. The molecule has 3 rings (SSSR count). The van der Waals surface area contributed by atoms with Gasteiger partial charge in [0.15, 0.2) is 5.16 Å². The lowest BCUT2D eigenvalue weighted by Gasteiger charge is -2.16. The van der Waals surface area contributed by atoms with Gasteiger partial charge in [0.2, 0.25) is 5.91 Å². The van der Waals surface area contributed by atoms with Crippen molar-refractivity contribution in [1.82, 2.24) is 14.9 Å². The van der Waals surface area contributed by atoms with Gasteiger partial charge >= 0.3 is 0 Å². The van der Waals surface area contributed by atoms with Crippen LogP contribution in [0.25, 0.3) is 16.6 Å². The second-order valence-corrected chi connectivity index (χ2v) is 7.84. The van der Waals surface area contributed by atoms with Crippen molar-refractivity contribution in [2.45, 2.75) is 37.6 Å². The Morgan fingerprint density at radius 3 is 2.59 bits per heavy atom. The van der Waals surface area contributed by atoms with Crippen molar-refractivity contribution in [3.8, 4) is 11.4 Å². The average Bonchev–Trinajstić information content (AvgIpc) is 2.73. The summed E-state index contributed by atoms with van der Waals surface area (Å²) in [6.45, 7) is 6.94. The monoisotopic (exact) mass is 411 g/mol. The first-order valence-corrected chi connectivity index (χ1v) is 10.6. The maximum atomic E-state index is 13.3. The van der Waals surface area contributed by atoms with Crippen LogP contribution in [0.5, 0.6) is 5.75 Å². The summed E-state index contributed by atoms with van der Waals surface area (Å²) in [5.41, 5.74) is 1.13. The number of amides is 1. The molecule has 3 aromatic rings. The molecule has 0 aliphatic rings. The molecular weight excluding hydrogens is 386 g/mol. The standard InChI is InChI=1S/C22H25N3O3S/c1-4-14-23-20(26)15(3)29-22-24-19-9-7-6-8-18(19)21(27)25(22)16-10-12-17(13-11-16)28-5-2/h6-13,15H,4-5,14H2,1-3H3,(H,23,26)/t15-/m1/s1. The number of para-hydroxylation sites is 1. The molecule has 0 saturated heterocycles. The minimum absolute atomic E-state index is 0.0718. The number of rotatable bonds is 8. The van der Waals surface area contributed by atoms with E-state index in [9.17, 15) is 9.59 Å². The Labute approximate surface area is 174 Å². The molecular formula is C22H25N3O3S. The Morgan fingerprint density at radius 2 is 1.90 bits per heavy atom. The van der Waals surface area contributed by atoms with E-state index >= 15 is 0 Å². The number of hydrogen-bond donors (Lipinski definition) is 1. The molecule has 0 radical (unpaired) electrons. The average molecular weight is 412 g/mol. The van der Waals surface area contributed by atoms with E-state index in [1.807, 2.05) is 63.2 Å². The molecule has 7 heteroatoms. The summed E-state index contributed by atoms with van der Waals surface area (Å²) in [6, 6.07) is 14.6. The maximum Gasteiger partial charge on any atom is 0.266 e. The number of ether oxygens (including phenoxy) is 1. The van der Waals surface area contributed by atoms with Gasteiger partial charge in [-0.1, -0.05) is 30.8 Å². The van der Waals surface area contributed by atoms with Crippen molar-refractivity contribution in [2.24, 2.45) is 0 Å². The SMILES string of the molecule is CCCNC(=O)[C@@H](C)Sc1nc2ccccc2c(=O)n1-c1ccc(OCC)cc1. The van der Waals surface area contributed by atoms with Crippen LogP contribution in [0.2, 0.25) is 0 Å². The van der Waals surface area contributed by atoms with E-state index in [-0.39, 0.29) is 16.7 Å².